The topological polar surface area (TPSA) is 46.3 Å². The van der Waals surface area contributed by atoms with Crippen LogP contribution in [0.2, 0.25) is 0 Å². The number of rotatable bonds is 2. The Kier molecular flexibility index (Phi) is 2.49. The summed E-state index contributed by atoms with van der Waals surface area (Å²) >= 11 is 0. The van der Waals surface area contributed by atoms with Gasteiger partial charge in [-0.15, -0.1) is 0 Å². The highest BCUT2D eigenvalue weighted by atomic mass is 16.2. The minimum absolute atomic E-state index is 0.00605. The molecule has 1 aliphatic heterocycles. The molecule has 5 rings (SSSR count). The van der Waals surface area contributed by atoms with E-state index < -0.39 is 0 Å². The Morgan fingerprint density at radius 3 is 2.30 bits per heavy atom. The van der Waals surface area contributed by atoms with Gasteiger partial charge >= 0.3 is 0 Å². The van der Waals surface area contributed by atoms with Gasteiger partial charge in [-0.25, -0.2) is 0 Å². The number of hydrogen-bond donors (Lipinski definition) is 1. The van der Waals surface area contributed by atoms with E-state index in [0.717, 1.165) is 50.6 Å². The van der Waals surface area contributed by atoms with Crippen LogP contribution >= 0.6 is 0 Å². The van der Waals surface area contributed by atoms with E-state index >= 15 is 0 Å². The highest BCUT2D eigenvalue weighted by Gasteiger charge is 2.60. The van der Waals surface area contributed by atoms with Crippen LogP contribution in [0.1, 0.15) is 58.8 Å². The number of carbonyl (C=O) groups excluding carboxylic acids is 1. The molecular weight excluding hydrogens is 248 g/mol. The number of amides is 1. The summed E-state index contributed by atoms with van der Waals surface area (Å²) in [6, 6.07) is 0. The van der Waals surface area contributed by atoms with E-state index in [1.165, 1.54) is 19.3 Å². The minimum Gasteiger partial charge on any atom is -0.338 e. The first kappa shape index (κ1) is 13.1. The normalized spacial score (nSPS) is 48.2. The van der Waals surface area contributed by atoms with Crippen molar-refractivity contribution < 1.29 is 4.79 Å². The summed E-state index contributed by atoms with van der Waals surface area (Å²) in [5.74, 6) is 2.09. The maximum absolute atomic E-state index is 13.1. The first-order valence-corrected chi connectivity index (χ1v) is 8.44. The van der Waals surface area contributed by atoms with Crippen LogP contribution < -0.4 is 5.73 Å². The Labute approximate surface area is 122 Å². The van der Waals surface area contributed by atoms with Crippen molar-refractivity contribution in [2.24, 2.45) is 28.4 Å². The van der Waals surface area contributed by atoms with Crippen LogP contribution in [0, 0.1) is 22.7 Å². The summed E-state index contributed by atoms with van der Waals surface area (Å²) in [6.45, 7) is 6.14. The summed E-state index contributed by atoms with van der Waals surface area (Å²) in [6.07, 6.45) is 8.58. The average molecular weight is 276 g/mol. The molecule has 2 unspecified atom stereocenters. The summed E-state index contributed by atoms with van der Waals surface area (Å²) in [5.41, 5.74) is 6.61. The standard InChI is InChI=1S/C17H28N2O/c1-3-17(18)10-19(11-17)14(20)16-7-12-4-13(8-16)6-15(2,5-12)9-16/h12-13H,3-11,18H2,1-2H3. The molecule has 2 N–H and O–H groups in total. The van der Waals surface area contributed by atoms with Crippen LogP contribution in [0.4, 0.5) is 0 Å². The zero-order valence-electron chi connectivity index (χ0n) is 13.0. The number of carbonyl (C=O) groups is 1. The third-order valence-corrected chi connectivity index (χ3v) is 6.81. The van der Waals surface area contributed by atoms with E-state index in [9.17, 15) is 4.79 Å². The summed E-state index contributed by atoms with van der Waals surface area (Å²) < 4.78 is 0. The van der Waals surface area contributed by atoms with Crippen molar-refractivity contribution in [3.63, 3.8) is 0 Å². The summed E-state index contributed by atoms with van der Waals surface area (Å²) in [7, 11) is 0. The molecule has 3 heteroatoms. The van der Waals surface area contributed by atoms with Crippen molar-refractivity contribution in [1.29, 1.82) is 0 Å². The molecule has 4 aliphatic carbocycles. The van der Waals surface area contributed by atoms with E-state index in [1.807, 2.05) is 0 Å². The smallest absolute Gasteiger partial charge is 0.228 e. The van der Waals surface area contributed by atoms with Gasteiger partial charge in [-0.1, -0.05) is 13.8 Å². The van der Waals surface area contributed by atoms with Crippen molar-refractivity contribution in [1.82, 2.24) is 4.90 Å². The molecule has 1 heterocycles. The molecule has 5 aliphatic rings. The van der Waals surface area contributed by atoms with Crippen molar-refractivity contribution in [3.05, 3.63) is 0 Å². The van der Waals surface area contributed by atoms with E-state index in [1.54, 1.807) is 0 Å². The lowest BCUT2D eigenvalue weighted by Gasteiger charge is -2.62. The minimum atomic E-state index is -0.0954. The fraction of sp³-hybridized carbons (Fsp3) is 0.941. The Morgan fingerprint density at radius 2 is 1.80 bits per heavy atom. The second-order valence-corrected chi connectivity index (χ2v) is 8.93. The van der Waals surface area contributed by atoms with Gasteiger partial charge in [-0.05, 0) is 62.2 Å². The fourth-order valence-electron chi connectivity index (χ4n) is 6.39. The van der Waals surface area contributed by atoms with E-state index in [2.05, 4.69) is 18.7 Å². The Bertz CT molecular complexity index is 438. The molecule has 1 saturated heterocycles. The highest BCUT2D eigenvalue weighted by molar-refractivity contribution is 5.84. The quantitative estimate of drug-likeness (QED) is 0.842. The van der Waals surface area contributed by atoms with Gasteiger partial charge in [-0.3, -0.25) is 4.79 Å². The molecule has 0 radical (unpaired) electrons. The maximum atomic E-state index is 13.1. The van der Waals surface area contributed by atoms with Gasteiger partial charge in [0, 0.05) is 13.1 Å². The van der Waals surface area contributed by atoms with Gasteiger partial charge < -0.3 is 10.6 Å². The predicted octanol–water partition coefficient (Wildman–Crippen LogP) is 2.54. The fourth-order valence-corrected chi connectivity index (χ4v) is 6.39. The van der Waals surface area contributed by atoms with Crippen LogP contribution in [-0.2, 0) is 4.79 Å². The van der Waals surface area contributed by atoms with Crippen molar-refractivity contribution >= 4 is 5.91 Å². The number of hydrogen-bond acceptors (Lipinski definition) is 2. The molecule has 0 spiro atoms. The van der Waals surface area contributed by atoms with Gasteiger partial charge in [0.05, 0.1) is 11.0 Å². The monoisotopic (exact) mass is 276 g/mol. The Balaban J connectivity index is 1.55. The molecule has 0 aromatic rings. The molecule has 4 bridgehead atoms. The zero-order valence-corrected chi connectivity index (χ0v) is 13.0. The molecule has 4 saturated carbocycles. The highest BCUT2D eigenvalue weighted by Crippen LogP contribution is 2.65. The molecule has 3 nitrogen and oxygen atoms in total. The van der Waals surface area contributed by atoms with Gasteiger partial charge in [-0.2, -0.15) is 0 Å². The molecule has 0 aromatic heterocycles. The molecule has 112 valence electrons. The van der Waals surface area contributed by atoms with Crippen LogP contribution in [-0.4, -0.2) is 29.4 Å². The summed E-state index contributed by atoms with van der Waals surface area (Å²) in [5, 5.41) is 0. The SMILES string of the molecule is CCC1(N)CN(C(=O)C23CC4CC(CC(C)(C4)C2)C3)C1. The van der Waals surface area contributed by atoms with Crippen molar-refractivity contribution in [2.45, 2.75) is 64.3 Å². The average Bonchev–Trinajstić information content (AvgIpc) is 2.31. The largest absolute Gasteiger partial charge is 0.338 e. The number of nitrogens with zero attached hydrogens (tertiary/aromatic N) is 1. The first-order valence-electron chi connectivity index (χ1n) is 8.44. The first-order chi connectivity index (χ1) is 9.35. The van der Waals surface area contributed by atoms with Gasteiger partial charge in [0.15, 0.2) is 0 Å². The van der Waals surface area contributed by atoms with E-state index in [-0.39, 0.29) is 11.0 Å². The van der Waals surface area contributed by atoms with E-state index in [0.29, 0.717) is 11.3 Å². The molecular formula is C17H28N2O. The van der Waals surface area contributed by atoms with Crippen molar-refractivity contribution in [2.75, 3.05) is 13.1 Å². The Morgan fingerprint density at radius 1 is 1.20 bits per heavy atom. The van der Waals surface area contributed by atoms with E-state index in [4.69, 9.17) is 5.73 Å². The van der Waals surface area contributed by atoms with Gasteiger partial charge in [0.1, 0.15) is 0 Å². The molecule has 2 atom stereocenters. The second kappa shape index (κ2) is 3.79. The van der Waals surface area contributed by atoms with Crippen molar-refractivity contribution in [3.8, 4) is 0 Å². The van der Waals surface area contributed by atoms with Gasteiger partial charge in [0.25, 0.3) is 0 Å². The van der Waals surface area contributed by atoms with Crippen LogP contribution in [0.25, 0.3) is 0 Å². The zero-order chi connectivity index (χ0) is 14.2. The third kappa shape index (κ3) is 1.71. The number of likely N-dealkylation sites (tertiary alicyclic amines) is 1. The maximum Gasteiger partial charge on any atom is 0.228 e. The molecule has 5 fully saturated rings. The molecule has 0 aromatic carbocycles. The van der Waals surface area contributed by atoms with Crippen LogP contribution in [0.15, 0.2) is 0 Å². The second-order valence-electron chi connectivity index (χ2n) is 8.93. The molecule has 1 amide bonds. The number of nitrogens with two attached hydrogens (primary N) is 1. The lowest BCUT2D eigenvalue weighted by Crippen LogP contribution is -2.71. The summed E-state index contributed by atoms with van der Waals surface area (Å²) in [4.78, 5) is 15.2. The van der Waals surface area contributed by atoms with Crippen LogP contribution in [0.3, 0.4) is 0 Å². The molecule has 20 heavy (non-hydrogen) atoms. The Hall–Kier alpha value is -0.570. The lowest BCUT2D eigenvalue weighted by atomic mass is 9.44. The predicted molar refractivity (Wildman–Crippen MR) is 79.0 cm³/mol. The van der Waals surface area contributed by atoms with Gasteiger partial charge in [0.2, 0.25) is 5.91 Å². The third-order valence-electron chi connectivity index (χ3n) is 6.81. The lowest BCUT2D eigenvalue weighted by molar-refractivity contribution is -0.173. The van der Waals surface area contributed by atoms with Crippen LogP contribution in [0.5, 0.6) is 0 Å².